The Bertz CT molecular complexity index is 633. The number of rotatable bonds is 4. The Morgan fingerprint density at radius 2 is 2.00 bits per heavy atom. The van der Waals surface area contributed by atoms with E-state index in [1.165, 1.54) is 5.69 Å². The Kier molecular flexibility index (Phi) is 4.02. The molecule has 0 saturated heterocycles. The third-order valence-electron chi connectivity index (χ3n) is 3.24. The third kappa shape index (κ3) is 2.79. The van der Waals surface area contributed by atoms with E-state index in [-0.39, 0.29) is 5.96 Å². The summed E-state index contributed by atoms with van der Waals surface area (Å²) in [6, 6.07) is 6.14. The van der Waals surface area contributed by atoms with Crippen LogP contribution in [0.15, 0.2) is 18.2 Å². The molecule has 20 heavy (non-hydrogen) atoms. The Morgan fingerprint density at radius 1 is 1.30 bits per heavy atom. The van der Waals surface area contributed by atoms with Crippen molar-refractivity contribution in [2.45, 2.75) is 20.8 Å². The molecule has 1 aromatic carbocycles. The second-order valence-corrected chi connectivity index (χ2v) is 4.55. The van der Waals surface area contributed by atoms with Gasteiger partial charge in [0.2, 0.25) is 5.95 Å². The predicted octanol–water partition coefficient (Wildman–Crippen LogP) is 2.09. The highest BCUT2D eigenvalue weighted by molar-refractivity contribution is 5.90. The Balaban J connectivity index is 2.48. The summed E-state index contributed by atoms with van der Waals surface area (Å²) in [7, 11) is 0. The van der Waals surface area contributed by atoms with E-state index in [1.807, 2.05) is 13.0 Å². The highest BCUT2D eigenvalue weighted by Gasteiger charge is 2.08. The average Bonchev–Trinajstić information content (AvgIpc) is 2.40. The van der Waals surface area contributed by atoms with Crippen molar-refractivity contribution in [2.24, 2.45) is 5.73 Å². The molecule has 2 rings (SSSR count). The van der Waals surface area contributed by atoms with Crippen molar-refractivity contribution in [2.75, 3.05) is 23.3 Å². The summed E-state index contributed by atoms with van der Waals surface area (Å²) < 4.78 is 0. The monoisotopic (exact) mass is 272 g/mol. The maximum absolute atomic E-state index is 7.23. The lowest BCUT2D eigenvalue weighted by Crippen LogP contribution is -2.22. The Hall–Kier alpha value is -2.37. The van der Waals surface area contributed by atoms with Gasteiger partial charge in [-0.2, -0.15) is 0 Å². The average molecular weight is 272 g/mol. The smallest absolute Gasteiger partial charge is 0.230 e. The Labute approximate surface area is 118 Å². The fraction of sp³-hybridized carbons (Fsp3) is 0.357. The van der Waals surface area contributed by atoms with Gasteiger partial charge in [0.25, 0.3) is 0 Å². The number of aromatic nitrogens is 2. The van der Waals surface area contributed by atoms with E-state index in [1.54, 1.807) is 0 Å². The second-order valence-electron chi connectivity index (χ2n) is 4.55. The zero-order valence-corrected chi connectivity index (χ0v) is 12.1. The van der Waals surface area contributed by atoms with Crippen LogP contribution < -0.4 is 16.0 Å². The largest absolute Gasteiger partial charge is 0.372 e. The van der Waals surface area contributed by atoms with Crippen molar-refractivity contribution in [1.29, 1.82) is 5.41 Å². The highest BCUT2D eigenvalue weighted by atomic mass is 15.2. The van der Waals surface area contributed by atoms with E-state index < -0.39 is 0 Å². The molecule has 6 heteroatoms. The molecule has 0 aliphatic carbocycles. The number of benzene rings is 1. The topological polar surface area (TPSA) is 90.9 Å². The van der Waals surface area contributed by atoms with E-state index in [9.17, 15) is 0 Å². The molecular weight excluding hydrogens is 252 g/mol. The maximum atomic E-state index is 7.23. The van der Waals surface area contributed by atoms with Crippen molar-refractivity contribution < 1.29 is 0 Å². The SMILES string of the molecule is CCN(CC)c1ccc2nc(NC(=N)N)nc(C)c2c1. The molecule has 0 atom stereocenters. The minimum atomic E-state index is -0.163. The molecule has 0 bridgehead atoms. The first-order valence-electron chi connectivity index (χ1n) is 6.69. The van der Waals surface area contributed by atoms with Crippen LogP contribution in [0.4, 0.5) is 11.6 Å². The fourth-order valence-corrected chi connectivity index (χ4v) is 2.23. The van der Waals surface area contributed by atoms with E-state index in [4.69, 9.17) is 11.1 Å². The standard InChI is InChI=1S/C14H20N6/c1-4-20(5-2)10-6-7-12-11(8-10)9(3)17-14(18-12)19-13(15)16/h6-8H,4-5H2,1-3H3,(H4,15,16,17,18,19). The lowest BCUT2D eigenvalue weighted by molar-refractivity contribution is 0.867. The van der Waals surface area contributed by atoms with Crippen molar-refractivity contribution in [3.05, 3.63) is 23.9 Å². The van der Waals surface area contributed by atoms with Crippen LogP contribution in [0.25, 0.3) is 10.9 Å². The summed E-state index contributed by atoms with van der Waals surface area (Å²) in [6.07, 6.45) is 0. The number of aryl methyl sites for hydroxylation is 1. The van der Waals surface area contributed by atoms with Crippen LogP contribution in [0.5, 0.6) is 0 Å². The van der Waals surface area contributed by atoms with Gasteiger partial charge in [0.05, 0.1) is 11.2 Å². The summed E-state index contributed by atoms with van der Waals surface area (Å²) in [4.78, 5) is 11.0. The molecule has 0 aliphatic rings. The molecule has 0 saturated carbocycles. The van der Waals surface area contributed by atoms with Gasteiger partial charge in [0.1, 0.15) is 0 Å². The molecule has 2 aromatic rings. The molecular formula is C14H20N6. The Morgan fingerprint density at radius 3 is 2.60 bits per heavy atom. The summed E-state index contributed by atoms with van der Waals surface area (Å²) in [6.45, 7) is 8.13. The van der Waals surface area contributed by atoms with Gasteiger partial charge in [-0.15, -0.1) is 0 Å². The lowest BCUT2D eigenvalue weighted by Gasteiger charge is -2.21. The van der Waals surface area contributed by atoms with Crippen LogP contribution >= 0.6 is 0 Å². The number of hydrogen-bond acceptors (Lipinski definition) is 4. The van der Waals surface area contributed by atoms with Gasteiger partial charge in [-0.05, 0) is 39.0 Å². The molecule has 4 N–H and O–H groups in total. The summed E-state index contributed by atoms with van der Waals surface area (Å²) in [5.41, 5.74) is 8.18. The second kappa shape index (κ2) is 5.73. The zero-order chi connectivity index (χ0) is 14.7. The van der Waals surface area contributed by atoms with Crippen LogP contribution in [-0.2, 0) is 0 Å². The molecule has 0 unspecified atom stereocenters. The van der Waals surface area contributed by atoms with Crippen molar-refractivity contribution in [3.63, 3.8) is 0 Å². The quantitative estimate of drug-likeness (QED) is 0.585. The zero-order valence-electron chi connectivity index (χ0n) is 12.1. The van der Waals surface area contributed by atoms with Gasteiger partial charge in [-0.25, -0.2) is 9.97 Å². The van der Waals surface area contributed by atoms with E-state index in [0.29, 0.717) is 5.95 Å². The highest BCUT2D eigenvalue weighted by Crippen LogP contribution is 2.23. The summed E-state index contributed by atoms with van der Waals surface area (Å²) >= 11 is 0. The lowest BCUT2D eigenvalue weighted by atomic mass is 10.1. The molecule has 106 valence electrons. The molecule has 1 heterocycles. The molecule has 0 fully saturated rings. The van der Waals surface area contributed by atoms with Gasteiger partial charge >= 0.3 is 0 Å². The first kappa shape index (κ1) is 14.0. The normalized spacial score (nSPS) is 10.6. The van der Waals surface area contributed by atoms with Crippen LogP contribution in [0, 0.1) is 12.3 Å². The number of nitrogens with one attached hydrogen (secondary N) is 2. The van der Waals surface area contributed by atoms with Gasteiger partial charge in [-0.3, -0.25) is 10.7 Å². The van der Waals surface area contributed by atoms with Gasteiger partial charge in [0.15, 0.2) is 5.96 Å². The van der Waals surface area contributed by atoms with Crippen molar-refractivity contribution in [3.8, 4) is 0 Å². The minimum absolute atomic E-state index is 0.163. The number of hydrogen-bond donors (Lipinski definition) is 3. The number of guanidine groups is 1. The molecule has 0 radical (unpaired) electrons. The van der Waals surface area contributed by atoms with Crippen LogP contribution in [0.2, 0.25) is 0 Å². The number of anilines is 2. The van der Waals surface area contributed by atoms with Gasteiger partial charge in [-0.1, -0.05) is 0 Å². The molecule has 0 aliphatic heterocycles. The summed E-state index contributed by atoms with van der Waals surface area (Å²) in [5, 5.41) is 10.9. The molecule has 1 aromatic heterocycles. The van der Waals surface area contributed by atoms with Crippen LogP contribution in [-0.4, -0.2) is 29.0 Å². The molecule has 6 nitrogen and oxygen atoms in total. The molecule has 0 amide bonds. The van der Waals surface area contributed by atoms with Crippen LogP contribution in [0.3, 0.4) is 0 Å². The van der Waals surface area contributed by atoms with E-state index >= 15 is 0 Å². The van der Waals surface area contributed by atoms with Gasteiger partial charge < -0.3 is 10.6 Å². The maximum Gasteiger partial charge on any atom is 0.230 e. The number of nitrogens with two attached hydrogens (primary N) is 1. The first-order chi connectivity index (χ1) is 9.55. The van der Waals surface area contributed by atoms with Gasteiger partial charge in [0, 0.05) is 24.2 Å². The minimum Gasteiger partial charge on any atom is -0.372 e. The van der Waals surface area contributed by atoms with Crippen molar-refractivity contribution in [1.82, 2.24) is 9.97 Å². The molecule has 0 spiro atoms. The third-order valence-corrected chi connectivity index (χ3v) is 3.24. The van der Waals surface area contributed by atoms with E-state index in [2.05, 4.69) is 46.2 Å². The number of fused-ring (bicyclic) bond motifs is 1. The predicted molar refractivity (Wildman–Crippen MR) is 83.4 cm³/mol. The number of nitrogens with zero attached hydrogens (tertiary/aromatic N) is 3. The summed E-state index contributed by atoms with van der Waals surface area (Å²) in [5.74, 6) is 0.196. The first-order valence-corrected chi connectivity index (χ1v) is 6.69. The fourth-order valence-electron chi connectivity index (χ4n) is 2.23. The van der Waals surface area contributed by atoms with Crippen molar-refractivity contribution >= 4 is 28.5 Å². The van der Waals surface area contributed by atoms with Crippen LogP contribution in [0.1, 0.15) is 19.5 Å². The van der Waals surface area contributed by atoms with E-state index in [0.717, 1.165) is 29.7 Å².